The molecule has 7 nitrogen and oxygen atoms in total. The number of carbonyl (C=O) groups is 2. The highest BCUT2D eigenvalue weighted by atomic mass is 16.4. The lowest BCUT2D eigenvalue weighted by molar-refractivity contribution is -0.141. The Morgan fingerprint density at radius 1 is 1.47 bits per heavy atom. The Kier molecular flexibility index (Phi) is 3.46. The molecule has 100 valence electrons. The fourth-order valence-electron chi connectivity index (χ4n) is 1.78. The van der Waals surface area contributed by atoms with Gasteiger partial charge >= 0.3 is 5.97 Å². The van der Waals surface area contributed by atoms with Crippen LogP contribution in [0, 0.1) is 5.92 Å². The third-order valence-electron chi connectivity index (χ3n) is 2.87. The van der Waals surface area contributed by atoms with Crippen LogP contribution in [0.5, 0.6) is 0 Å². The molecule has 2 heterocycles. The van der Waals surface area contributed by atoms with Gasteiger partial charge in [0.1, 0.15) is 0 Å². The number of rotatable bonds is 4. The molecule has 1 unspecified atom stereocenters. The van der Waals surface area contributed by atoms with Crippen LogP contribution in [0.25, 0.3) is 5.52 Å². The Bertz CT molecular complexity index is 622. The summed E-state index contributed by atoms with van der Waals surface area (Å²) in [6.07, 6.45) is 6.23. The second-order valence-electron chi connectivity index (χ2n) is 4.39. The number of carboxylic acids is 1. The third-order valence-corrected chi connectivity index (χ3v) is 2.87. The first kappa shape index (κ1) is 13.0. The largest absolute Gasteiger partial charge is 0.481 e. The van der Waals surface area contributed by atoms with Crippen molar-refractivity contribution in [3.63, 3.8) is 0 Å². The Morgan fingerprint density at radius 2 is 2.21 bits per heavy atom. The van der Waals surface area contributed by atoms with E-state index in [9.17, 15) is 9.59 Å². The molecule has 0 aromatic carbocycles. The highest BCUT2D eigenvalue weighted by Gasteiger charge is 2.21. The zero-order valence-electron chi connectivity index (χ0n) is 10.6. The number of hydrogen-bond acceptors (Lipinski definition) is 4. The molecule has 0 bridgehead atoms. The Morgan fingerprint density at radius 3 is 2.89 bits per heavy atom. The number of fused-ring (bicyclic) bond motifs is 1. The van der Waals surface area contributed by atoms with Gasteiger partial charge < -0.3 is 10.0 Å². The van der Waals surface area contributed by atoms with Gasteiger partial charge in [-0.2, -0.15) is 5.10 Å². The van der Waals surface area contributed by atoms with Gasteiger partial charge in [0, 0.05) is 26.0 Å². The molecule has 1 atom stereocenters. The number of aromatic nitrogens is 3. The van der Waals surface area contributed by atoms with Gasteiger partial charge in [-0.25, -0.2) is 4.52 Å². The summed E-state index contributed by atoms with van der Waals surface area (Å²) < 4.78 is 1.55. The van der Waals surface area contributed by atoms with Crippen LogP contribution in [0.2, 0.25) is 0 Å². The van der Waals surface area contributed by atoms with Crippen LogP contribution in [-0.4, -0.2) is 50.1 Å². The van der Waals surface area contributed by atoms with Crippen LogP contribution in [-0.2, 0) is 4.79 Å². The van der Waals surface area contributed by atoms with Crippen molar-refractivity contribution in [2.75, 3.05) is 13.6 Å². The molecule has 19 heavy (non-hydrogen) atoms. The van der Waals surface area contributed by atoms with E-state index in [1.54, 1.807) is 37.1 Å². The van der Waals surface area contributed by atoms with Crippen molar-refractivity contribution in [1.29, 1.82) is 0 Å². The van der Waals surface area contributed by atoms with Gasteiger partial charge in [-0.3, -0.25) is 14.6 Å². The SMILES string of the molecule is CC(CN(C)C(=O)c1cnn2ccncc12)C(=O)O. The van der Waals surface area contributed by atoms with Crippen LogP contribution < -0.4 is 0 Å². The number of carbonyl (C=O) groups excluding carboxylic acids is 1. The maximum Gasteiger partial charge on any atom is 0.308 e. The van der Waals surface area contributed by atoms with Crippen LogP contribution in [0.1, 0.15) is 17.3 Å². The summed E-state index contributed by atoms with van der Waals surface area (Å²) in [5.74, 6) is -1.81. The smallest absolute Gasteiger partial charge is 0.308 e. The van der Waals surface area contributed by atoms with E-state index in [2.05, 4.69) is 10.1 Å². The molecule has 2 aromatic heterocycles. The average molecular weight is 262 g/mol. The van der Waals surface area contributed by atoms with Crippen LogP contribution >= 0.6 is 0 Å². The summed E-state index contributed by atoms with van der Waals surface area (Å²) >= 11 is 0. The first-order valence-electron chi connectivity index (χ1n) is 5.76. The molecular weight excluding hydrogens is 248 g/mol. The lowest BCUT2D eigenvalue weighted by Gasteiger charge is -2.18. The van der Waals surface area contributed by atoms with E-state index < -0.39 is 11.9 Å². The second kappa shape index (κ2) is 5.05. The minimum Gasteiger partial charge on any atom is -0.481 e. The molecule has 7 heteroatoms. The van der Waals surface area contributed by atoms with Crippen molar-refractivity contribution < 1.29 is 14.7 Å². The molecule has 1 N–H and O–H groups in total. The lowest BCUT2D eigenvalue weighted by Crippen LogP contribution is -2.33. The van der Waals surface area contributed by atoms with E-state index in [1.165, 1.54) is 11.1 Å². The maximum absolute atomic E-state index is 12.2. The normalized spacial score (nSPS) is 12.3. The summed E-state index contributed by atoms with van der Waals surface area (Å²) in [4.78, 5) is 28.4. The first-order valence-corrected chi connectivity index (χ1v) is 5.76. The van der Waals surface area contributed by atoms with E-state index in [0.29, 0.717) is 11.1 Å². The first-order chi connectivity index (χ1) is 9.00. The molecule has 0 saturated heterocycles. The molecule has 0 aliphatic heterocycles. The summed E-state index contributed by atoms with van der Waals surface area (Å²) in [5, 5.41) is 12.9. The number of aliphatic carboxylic acids is 1. The average Bonchev–Trinajstić information content (AvgIpc) is 2.81. The minimum atomic E-state index is -0.929. The summed E-state index contributed by atoms with van der Waals surface area (Å²) in [6, 6.07) is 0. The van der Waals surface area contributed by atoms with Gasteiger partial charge in [0.25, 0.3) is 5.91 Å². The quantitative estimate of drug-likeness (QED) is 0.868. The van der Waals surface area contributed by atoms with Crippen LogP contribution in [0.3, 0.4) is 0 Å². The Balaban J connectivity index is 2.22. The highest BCUT2D eigenvalue weighted by molar-refractivity contribution is 6.00. The second-order valence-corrected chi connectivity index (χ2v) is 4.39. The fourth-order valence-corrected chi connectivity index (χ4v) is 1.78. The van der Waals surface area contributed by atoms with Crippen molar-refractivity contribution >= 4 is 17.4 Å². The Hall–Kier alpha value is -2.44. The van der Waals surface area contributed by atoms with Gasteiger partial charge in [-0.05, 0) is 0 Å². The molecule has 2 rings (SSSR count). The predicted octanol–water partition coefficient (Wildman–Crippen LogP) is 0.522. The molecule has 0 aliphatic rings. The minimum absolute atomic E-state index is 0.145. The van der Waals surface area contributed by atoms with E-state index in [-0.39, 0.29) is 12.5 Å². The molecule has 0 fully saturated rings. The molecule has 0 spiro atoms. The standard InChI is InChI=1S/C12H14N4O3/c1-8(12(18)19)7-15(2)11(17)9-5-14-16-4-3-13-6-10(9)16/h3-6,8H,7H2,1-2H3,(H,18,19). The summed E-state index contributed by atoms with van der Waals surface area (Å²) in [6.45, 7) is 1.70. The summed E-state index contributed by atoms with van der Waals surface area (Å²) in [5.41, 5.74) is 1.01. The predicted molar refractivity (Wildman–Crippen MR) is 66.7 cm³/mol. The lowest BCUT2D eigenvalue weighted by atomic mass is 10.1. The number of amides is 1. The number of nitrogens with zero attached hydrogens (tertiary/aromatic N) is 4. The topological polar surface area (TPSA) is 87.8 Å². The Labute approximate surface area is 109 Å². The highest BCUT2D eigenvalue weighted by Crippen LogP contribution is 2.12. The van der Waals surface area contributed by atoms with Crippen molar-refractivity contribution in [3.05, 3.63) is 30.4 Å². The van der Waals surface area contributed by atoms with Gasteiger partial charge in [-0.15, -0.1) is 0 Å². The van der Waals surface area contributed by atoms with E-state index in [1.807, 2.05) is 0 Å². The van der Waals surface area contributed by atoms with Crippen LogP contribution in [0.4, 0.5) is 0 Å². The van der Waals surface area contributed by atoms with Gasteiger partial charge in [0.05, 0.1) is 29.4 Å². The van der Waals surface area contributed by atoms with Gasteiger partial charge in [0.15, 0.2) is 0 Å². The van der Waals surface area contributed by atoms with Crippen molar-refractivity contribution in [3.8, 4) is 0 Å². The monoisotopic (exact) mass is 262 g/mol. The van der Waals surface area contributed by atoms with E-state index in [0.717, 1.165) is 0 Å². The van der Waals surface area contributed by atoms with E-state index >= 15 is 0 Å². The molecule has 2 aromatic rings. The molecular formula is C12H14N4O3. The number of carboxylic acid groups (broad SMARTS) is 1. The molecule has 0 saturated carbocycles. The van der Waals surface area contributed by atoms with Gasteiger partial charge in [0.2, 0.25) is 0 Å². The zero-order chi connectivity index (χ0) is 14.0. The van der Waals surface area contributed by atoms with Crippen molar-refractivity contribution in [2.24, 2.45) is 5.92 Å². The number of hydrogen-bond donors (Lipinski definition) is 1. The molecule has 1 amide bonds. The van der Waals surface area contributed by atoms with E-state index in [4.69, 9.17) is 5.11 Å². The van der Waals surface area contributed by atoms with Gasteiger partial charge in [-0.1, -0.05) is 6.92 Å². The molecule has 0 aliphatic carbocycles. The van der Waals surface area contributed by atoms with Crippen molar-refractivity contribution in [2.45, 2.75) is 6.92 Å². The maximum atomic E-state index is 12.2. The third kappa shape index (κ3) is 2.54. The van der Waals surface area contributed by atoms with Crippen LogP contribution in [0.15, 0.2) is 24.8 Å². The fraction of sp³-hybridized carbons (Fsp3) is 0.333. The summed E-state index contributed by atoms with van der Waals surface area (Å²) in [7, 11) is 1.57. The zero-order valence-corrected chi connectivity index (χ0v) is 10.6. The molecule has 0 radical (unpaired) electrons. The van der Waals surface area contributed by atoms with Crippen molar-refractivity contribution in [1.82, 2.24) is 19.5 Å².